The summed E-state index contributed by atoms with van der Waals surface area (Å²) >= 11 is 0. The van der Waals surface area contributed by atoms with Crippen LogP contribution in [-0.4, -0.2) is 24.1 Å². The third-order valence-electron chi connectivity index (χ3n) is 2.72. The van der Waals surface area contributed by atoms with Crippen molar-refractivity contribution in [2.75, 3.05) is 19.4 Å². The molecular weight excluding hydrogens is 245 g/mol. The molecule has 0 amide bonds. The molecule has 0 saturated heterocycles. The molecule has 100 valence electrons. The van der Waals surface area contributed by atoms with E-state index in [4.69, 9.17) is 11.6 Å². The first-order valence-corrected chi connectivity index (χ1v) is 5.73. The Labute approximate surface area is 110 Å². The summed E-state index contributed by atoms with van der Waals surface area (Å²) in [7, 11) is 3.39. The van der Waals surface area contributed by atoms with Gasteiger partial charge >= 0.3 is 0 Å². The molecule has 1 heterocycles. The molecule has 0 bridgehead atoms. The summed E-state index contributed by atoms with van der Waals surface area (Å²) in [5.41, 5.74) is 6.41. The largest absolute Gasteiger partial charge is 0.397 e. The third-order valence-corrected chi connectivity index (χ3v) is 2.72. The number of hydrazine groups is 1. The molecule has 0 fully saturated rings. The number of nitrogens with one attached hydrogen (secondary N) is 1. The van der Waals surface area contributed by atoms with Crippen LogP contribution in [0.25, 0.3) is 16.5 Å². The Morgan fingerprint density at radius 3 is 2.74 bits per heavy atom. The first kappa shape index (κ1) is 13.1. The summed E-state index contributed by atoms with van der Waals surface area (Å²) in [6.45, 7) is 0. The summed E-state index contributed by atoms with van der Waals surface area (Å²) in [6.07, 6.45) is 3.08. The summed E-state index contributed by atoms with van der Waals surface area (Å²) < 4.78 is 14.0. The molecule has 0 aliphatic carbocycles. The predicted molar refractivity (Wildman–Crippen MR) is 75.4 cm³/mol. The number of aromatic nitrogens is 1. The maximum absolute atomic E-state index is 14.0. The van der Waals surface area contributed by atoms with E-state index in [0.29, 0.717) is 16.8 Å². The Balaban J connectivity index is 2.59. The van der Waals surface area contributed by atoms with Gasteiger partial charge in [0.2, 0.25) is 0 Å². The van der Waals surface area contributed by atoms with Crippen molar-refractivity contribution in [2.24, 2.45) is 11.6 Å². The van der Waals surface area contributed by atoms with E-state index in [9.17, 15) is 4.39 Å². The van der Waals surface area contributed by atoms with Crippen LogP contribution in [0.4, 0.5) is 10.2 Å². The Bertz CT molecular complexity index is 636. The van der Waals surface area contributed by atoms with E-state index < -0.39 is 5.82 Å². The van der Waals surface area contributed by atoms with Crippen LogP contribution in [0.5, 0.6) is 0 Å². The number of halogens is 1. The maximum atomic E-state index is 14.0. The Morgan fingerprint density at radius 2 is 2.11 bits per heavy atom. The van der Waals surface area contributed by atoms with E-state index in [1.165, 1.54) is 17.3 Å². The van der Waals surface area contributed by atoms with Gasteiger partial charge in [-0.15, -0.1) is 0 Å². The van der Waals surface area contributed by atoms with Gasteiger partial charge in [-0.25, -0.2) is 15.2 Å². The van der Waals surface area contributed by atoms with Gasteiger partial charge in [-0.3, -0.25) is 0 Å². The number of fused-ring (bicyclic) bond motifs is 1. The average Bonchev–Trinajstić information content (AvgIpc) is 2.36. The van der Waals surface area contributed by atoms with Gasteiger partial charge < -0.3 is 16.1 Å². The van der Waals surface area contributed by atoms with E-state index in [1.54, 1.807) is 26.4 Å². The molecule has 1 aromatic carbocycles. The molecule has 2 aromatic rings. The monoisotopic (exact) mass is 261 g/mol. The van der Waals surface area contributed by atoms with Crippen LogP contribution in [0.15, 0.2) is 30.6 Å². The van der Waals surface area contributed by atoms with Gasteiger partial charge in [0.1, 0.15) is 11.6 Å². The van der Waals surface area contributed by atoms with Crippen molar-refractivity contribution in [3.63, 3.8) is 0 Å². The number of pyridine rings is 1. The van der Waals surface area contributed by atoms with Gasteiger partial charge in [0, 0.05) is 37.4 Å². The smallest absolute Gasteiger partial charge is 0.133 e. The van der Waals surface area contributed by atoms with E-state index in [1.807, 2.05) is 6.07 Å². The molecule has 1 aromatic heterocycles. The van der Waals surface area contributed by atoms with Gasteiger partial charge in [0.05, 0.1) is 5.70 Å². The molecule has 5 N–H and O–H groups in total. The Morgan fingerprint density at radius 1 is 1.37 bits per heavy atom. The second-order valence-electron chi connectivity index (χ2n) is 4.25. The second kappa shape index (κ2) is 5.11. The molecule has 0 saturated carbocycles. The Kier molecular flexibility index (Phi) is 3.52. The van der Waals surface area contributed by atoms with Crippen LogP contribution in [-0.2, 0) is 0 Å². The van der Waals surface area contributed by atoms with Crippen molar-refractivity contribution < 1.29 is 4.39 Å². The number of hydrogen-bond acceptors (Lipinski definition) is 5. The lowest BCUT2D eigenvalue weighted by Crippen LogP contribution is -2.20. The quantitative estimate of drug-likeness (QED) is 0.576. The van der Waals surface area contributed by atoms with Crippen molar-refractivity contribution >= 4 is 22.3 Å². The molecule has 19 heavy (non-hydrogen) atoms. The fourth-order valence-corrected chi connectivity index (χ4v) is 1.81. The number of rotatable bonds is 3. The molecule has 5 nitrogen and oxygen atoms in total. The van der Waals surface area contributed by atoms with E-state index in [2.05, 4.69) is 10.3 Å². The van der Waals surface area contributed by atoms with Crippen LogP contribution >= 0.6 is 0 Å². The molecule has 0 aliphatic rings. The van der Waals surface area contributed by atoms with Crippen molar-refractivity contribution in [3.8, 4) is 0 Å². The van der Waals surface area contributed by atoms with Gasteiger partial charge in [0.15, 0.2) is 0 Å². The molecule has 0 radical (unpaired) electrons. The molecule has 0 spiro atoms. The van der Waals surface area contributed by atoms with Crippen molar-refractivity contribution in [1.82, 2.24) is 9.99 Å². The van der Waals surface area contributed by atoms with Crippen LogP contribution in [0.1, 0.15) is 5.56 Å². The van der Waals surface area contributed by atoms with Gasteiger partial charge in [-0.2, -0.15) is 0 Å². The van der Waals surface area contributed by atoms with Crippen molar-refractivity contribution in [3.05, 3.63) is 42.0 Å². The lowest BCUT2D eigenvalue weighted by molar-refractivity contribution is 0.485. The van der Waals surface area contributed by atoms with Crippen LogP contribution in [0, 0.1) is 5.82 Å². The van der Waals surface area contributed by atoms with Gasteiger partial charge in [-0.05, 0) is 23.6 Å². The minimum Gasteiger partial charge on any atom is -0.397 e. The highest BCUT2D eigenvalue weighted by atomic mass is 19.1. The molecule has 6 heteroatoms. The standard InChI is InChI=1S/C13H16FN5/c1-17-13-5-8-3-10(12(15)7-19(2)16)11(14)4-9(8)6-18-13/h3-7H,15-16H2,1-2H3,(H,17,18)/b12-7-. The zero-order chi connectivity index (χ0) is 14.0. The zero-order valence-corrected chi connectivity index (χ0v) is 10.8. The average molecular weight is 261 g/mol. The minimum atomic E-state index is -0.401. The molecule has 0 unspecified atom stereocenters. The molecule has 0 atom stereocenters. The van der Waals surface area contributed by atoms with Crippen LogP contribution in [0.2, 0.25) is 0 Å². The van der Waals surface area contributed by atoms with E-state index >= 15 is 0 Å². The van der Waals surface area contributed by atoms with E-state index in [0.717, 1.165) is 5.39 Å². The maximum Gasteiger partial charge on any atom is 0.133 e. The number of benzene rings is 1. The van der Waals surface area contributed by atoms with Crippen LogP contribution in [0.3, 0.4) is 0 Å². The highest BCUT2D eigenvalue weighted by molar-refractivity contribution is 5.87. The Hall–Kier alpha value is -2.34. The van der Waals surface area contributed by atoms with Crippen molar-refractivity contribution in [2.45, 2.75) is 0 Å². The molecular formula is C13H16FN5. The number of nitrogens with zero attached hydrogens (tertiary/aromatic N) is 2. The lowest BCUT2D eigenvalue weighted by Gasteiger charge is -2.10. The zero-order valence-electron chi connectivity index (χ0n) is 10.8. The first-order chi connectivity index (χ1) is 9.01. The number of anilines is 1. The highest BCUT2D eigenvalue weighted by Gasteiger charge is 2.08. The van der Waals surface area contributed by atoms with Crippen LogP contribution < -0.4 is 16.9 Å². The number of hydrogen-bond donors (Lipinski definition) is 3. The molecule has 0 aliphatic heterocycles. The van der Waals surface area contributed by atoms with Gasteiger partial charge in [-0.1, -0.05) is 0 Å². The summed E-state index contributed by atoms with van der Waals surface area (Å²) in [5.74, 6) is 5.78. The predicted octanol–water partition coefficient (Wildman–Crippen LogP) is 1.48. The van der Waals surface area contributed by atoms with E-state index in [-0.39, 0.29) is 5.70 Å². The SMILES string of the molecule is CNc1cc2cc(/C(N)=C/N(C)N)c(F)cc2cn1. The summed E-state index contributed by atoms with van der Waals surface area (Å²) in [6, 6.07) is 4.93. The normalized spacial score (nSPS) is 11.7. The first-order valence-electron chi connectivity index (χ1n) is 5.73. The van der Waals surface area contributed by atoms with Gasteiger partial charge in [0.25, 0.3) is 0 Å². The summed E-state index contributed by atoms with van der Waals surface area (Å²) in [4.78, 5) is 4.14. The summed E-state index contributed by atoms with van der Waals surface area (Å²) in [5, 5.41) is 5.79. The minimum absolute atomic E-state index is 0.271. The lowest BCUT2D eigenvalue weighted by atomic mass is 10.1. The fourth-order valence-electron chi connectivity index (χ4n) is 1.81. The molecule has 2 rings (SSSR count). The van der Waals surface area contributed by atoms with Crippen molar-refractivity contribution in [1.29, 1.82) is 0 Å². The number of nitrogens with two attached hydrogens (primary N) is 2. The fraction of sp³-hybridized carbons (Fsp3) is 0.154. The highest BCUT2D eigenvalue weighted by Crippen LogP contribution is 2.23. The topological polar surface area (TPSA) is 80.2 Å². The second-order valence-corrected chi connectivity index (χ2v) is 4.25. The third kappa shape index (κ3) is 2.74.